The van der Waals surface area contributed by atoms with E-state index in [-0.39, 0.29) is 0 Å². The van der Waals surface area contributed by atoms with Crippen molar-refractivity contribution in [2.45, 2.75) is 40.0 Å². The van der Waals surface area contributed by atoms with Crippen LogP contribution in [0.1, 0.15) is 40.0 Å². The fourth-order valence-corrected chi connectivity index (χ4v) is 1.73. The average molecular weight is 183 g/mol. The molecule has 0 unspecified atom stereocenters. The Labute approximate surface area is 81.3 Å². The van der Waals surface area contributed by atoms with Gasteiger partial charge >= 0.3 is 0 Å². The maximum absolute atomic E-state index is 11.6. The Bertz CT molecular complexity index is 177. The average Bonchev–Trinajstić information content (AvgIpc) is 2.47. The number of hydrogen-bond donors (Lipinski definition) is 0. The predicted octanol–water partition coefficient (Wildman–Crippen LogP) is 2.29. The summed E-state index contributed by atoms with van der Waals surface area (Å²) >= 11 is 0. The number of carbonyl (C=O) groups excluding carboxylic acids is 1. The molecule has 1 heterocycles. The normalized spacial score (nSPS) is 22.8. The summed E-state index contributed by atoms with van der Waals surface area (Å²) in [5.74, 6) is 1.71. The monoisotopic (exact) mass is 183 g/mol. The fourth-order valence-electron chi connectivity index (χ4n) is 1.73. The van der Waals surface area contributed by atoms with E-state index in [1.54, 1.807) is 0 Å². The second kappa shape index (κ2) is 4.64. The zero-order valence-electron chi connectivity index (χ0n) is 9.05. The second-order valence-corrected chi connectivity index (χ2v) is 4.67. The SMILES string of the molecule is CC(C)CCC(=O)N1CC[C@H](C)C1. The van der Waals surface area contributed by atoms with Crippen LogP contribution >= 0.6 is 0 Å². The maximum Gasteiger partial charge on any atom is 0.222 e. The van der Waals surface area contributed by atoms with Gasteiger partial charge in [0.1, 0.15) is 0 Å². The van der Waals surface area contributed by atoms with E-state index < -0.39 is 0 Å². The van der Waals surface area contributed by atoms with Gasteiger partial charge in [-0.1, -0.05) is 20.8 Å². The molecule has 2 heteroatoms. The smallest absolute Gasteiger partial charge is 0.222 e. The van der Waals surface area contributed by atoms with E-state index in [0.29, 0.717) is 17.7 Å². The summed E-state index contributed by atoms with van der Waals surface area (Å²) in [6, 6.07) is 0. The molecule has 0 aliphatic carbocycles. The van der Waals surface area contributed by atoms with Crippen molar-refractivity contribution < 1.29 is 4.79 Å². The third-order valence-corrected chi connectivity index (χ3v) is 2.71. The Hall–Kier alpha value is -0.530. The summed E-state index contributed by atoms with van der Waals surface area (Å²) in [5, 5.41) is 0. The lowest BCUT2D eigenvalue weighted by atomic mass is 10.1. The topological polar surface area (TPSA) is 20.3 Å². The fraction of sp³-hybridized carbons (Fsp3) is 0.909. The molecular weight excluding hydrogens is 162 g/mol. The van der Waals surface area contributed by atoms with E-state index in [1.807, 2.05) is 4.90 Å². The molecule has 1 saturated heterocycles. The number of amides is 1. The first-order valence-corrected chi connectivity index (χ1v) is 5.37. The van der Waals surface area contributed by atoms with Gasteiger partial charge in [-0.15, -0.1) is 0 Å². The van der Waals surface area contributed by atoms with Crippen LogP contribution in [-0.2, 0) is 4.79 Å². The highest BCUT2D eigenvalue weighted by molar-refractivity contribution is 5.76. The molecule has 1 amide bonds. The predicted molar refractivity (Wildman–Crippen MR) is 54.4 cm³/mol. The van der Waals surface area contributed by atoms with Gasteiger partial charge in [-0.3, -0.25) is 4.79 Å². The Balaban J connectivity index is 2.24. The van der Waals surface area contributed by atoms with E-state index in [9.17, 15) is 4.79 Å². The molecule has 0 N–H and O–H groups in total. The van der Waals surface area contributed by atoms with Gasteiger partial charge in [0.15, 0.2) is 0 Å². The van der Waals surface area contributed by atoms with Gasteiger partial charge in [0.25, 0.3) is 0 Å². The van der Waals surface area contributed by atoms with Crippen LogP contribution in [0.25, 0.3) is 0 Å². The molecule has 1 fully saturated rings. The van der Waals surface area contributed by atoms with Crippen LogP contribution in [0.15, 0.2) is 0 Å². The molecule has 0 spiro atoms. The lowest BCUT2D eigenvalue weighted by Gasteiger charge is -2.16. The van der Waals surface area contributed by atoms with Crippen molar-refractivity contribution in [1.29, 1.82) is 0 Å². The van der Waals surface area contributed by atoms with E-state index >= 15 is 0 Å². The number of hydrogen-bond acceptors (Lipinski definition) is 1. The van der Waals surface area contributed by atoms with Crippen molar-refractivity contribution in [2.24, 2.45) is 11.8 Å². The largest absolute Gasteiger partial charge is 0.342 e. The van der Waals surface area contributed by atoms with Gasteiger partial charge < -0.3 is 4.90 Å². The summed E-state index contributed by atoms with van der Waals surface area (Å²) < 4.78 is 0. The van der Waals surface area contributed by atoms with Gasteiger partial charge in [0.05, 0.1) is 0 Å². The first-order valence-electron chi connectivity index (χ1n) is 5.37. The number of likely N-dealkylation sites (tertiary alicyclic amines) is 1. The van der Waals surface area contributed by atoms with Crippen molar-refractivity contribution >= 4 is 5.91 Å². The van der Waals surface area contributed by atoms with Crippen LogP contribution in [0.2, 0.25) is 0 Å². The molecule has 1 aliphatic rings. The maximum atomic E-state index is 11.6. The van der Waals surface area contributed by atoms with Crippen LogP contribution in [0.4, 0.5) is 0 Å². The Morgan fingerprint density at radius 3 is 2.69 bits per heavy atom. The lowest BCUT2D eigenvalue weighted by Crippen LogP contribution is -2.28. The van der Waals surface area contributed by atoms with E-state index in [0.717, 1.165) is 25.9 Å². The summed E-state index contributed by atoms with van der Waals surface area (Å²) in [4.78, 5) is 13.6. The molecule has 13 heavy (non-hydrogen) atoms. The molecule has 2 nitrogen and oxygen atoms in total. The molecule has 0 aromatic rings. The van der Waals surface area contributed by atoms with Crippen LogP contribution < -0.4 is 0 Å². The third kappa shape index (κ3) is 3.37. The first-order chi connectivity index (χ1) is 6.09. The highest BCUT2D eigenvalue weighted by Crippen LogP contribution is 2.17. The zero-order chi connectivity index (χ0) is 9.84. The number of nitrogens with zero attached hydrogens (tertiary/aromatic N) is 1. The van der Waals surface area contributed by atoms with Crippen LogP contribution in [0.5, 0.6) is 0 Å². The van der Waals surface area contributed by atoms with Crippen molar-refractivity contribution in [2.75, 3.05) is 13.1 Å². The third-order valence-electron chi connectivity index (χ3n) is 2.71. The molecule has 0 aromatic carbocycles. The Kier molecular flexibility index (Phi) is 3.76. The molecule has 0 aromatic heterocycles. The van der Waals surface area contributed by atoms with E-state index in [4.69, 9.17) is 0 Å². The van der Waals surface area contributed by atoms with Crippen molar-refractivity contribution in [3.8, 4) is 0 Å². The number of carbonyl (C=O) groups is 1. The summed E-state index contributed by atoms with van der Waals surface area (Å²) in [6.45, 7) is 8.52. The van der Waals surface area contributed by atoms with Gasteiger partial charge in [-0.25, -0.2) is 0 Å². The lowest BCUT2D eigenvalue weighted by molar-refractivity contribution is -0.130. The Morgan fingerprint density at radius 2 is 2.23 bits per heavy atom. The minimum atomic E-state index is 0.359. The highest BCUT2D eigenvalue weighted by atomic mass is 16.2. The summed E-state index contributed by atoms with van der Waals surface area (Å²) in [7, 11) is 0. The van der Waals surface area contributed by atoms with Gasteiger partial charge in [0.2, 0.25) is 5.91 Å². The summed E-state index contributed by atoms with van der Waals surface area (Å²) in [5.41, 5.74) is 0. The quantitative estimate of drug-likeness (QED) is 0.657. The molecule has 1 aliphatic heterocycles. The van der Waals surface area contributed by atoms with Crippen LogP contribution in [-0.4, -0.2) is 23.9 Å². The second-order valence-electron chi connectivity index (χ2n) is 4.67. The molecule has 76 valence electrons. The highest BCUT2D eigenvalue weighted by Gasteiger charge is 2.22. The molecule has 1 rings (SSSR count). The number of rotatable bonds is 3. The summed E-state index contributed by atoms with van der Waals surface area (Å²) in [6.07, 6.45) is 2.96. The van der Waals surface area contributed by atoms with Crippen molar-refractivity contribution in [3.05, 3.63) is 0 Å². The molecule has 0 saturated carbocycles. The van der Waals surface area contributed by atoms with Crippen LogP contribution in [0.3, 0.4) is 0 Å². The minimum Gasteiger partial charge on any atom is -0.342 e. The van der Waals surface area contributed by atoms with Gasteiger partial charge in [-0.2, -0.15) is 0 Å². The van der Waals surface area contributed by atoms with Gasteiger partial charge in [-0.05, 0) is 24.7 Å². The molecule has 0 radical (unpaired) electrons. The zero-order valence-corrected chi connectivity index (χ0v) is 9.05. The van der Waals surface area contributed by atoms with E-state index in [2.05, 4.69) is 20.8 Å². The van der Waals surface area contributed by atoms with E-state index in [1.165, 1.54) is 6.42 Å². The molecule has 1 atom stereocenters. The van der Waals surface area contributed by atoms with Crippen molar-refractivity contribution in [1.82, 2.24) is 4.90 Å². The van der Waals surface area contributed by atoms with Crippen molar-refractivity contribution in [3.63, 3.8) is 0 Å². The molecule has 0 bridgehead atoms. The van der Waals surface area contributed by atoms with Gasteiger partial charge in [0, 0.05) is 19.5 Å². The Morgan fingerprint density at radius 1 is 1.54 bits per heavy atom. The van der Waals surface area contributed by atoms with Crippen LogP contribution in [0, 0.1) is 11.8 Å². The minimum absolute atomic E-state index is 0.359. The molecular formula is C11H21NO. The standard InChI is InChI=1S/C11H21NO/c1-9(2)4-5-11(13)12-7-6-10(3)8-12/h9-10H,4-8H2,1-3H3/t10-/m0/s1. The first kappa shape index (κ1) is 10.6.